The highest BCUT2D eigenvalue weighted by Gasteiger charge is 2.28. The first-order chi connectivity index (χ1) is 15.9. The molecule has 0 radical (unpaired) electrons. The monoisotopic (exact) mass is 441 g/mol. The first-order valence-corrected chi connectivity index (χ1v) is 11.5. The van der Waals surface area contributed by atoms with Crippen molar-refractivity contribution in [1.29, 1.82) is 0 Å². The molecule has 3 aromatic carbocycles. The standard InChI is InChI=1S/C29H31NO3/c1-29(2,3)33-22-17-15-21(16-18-22)10-8-9-19-30-28(31)32-20-27-25-13-6-4-11-23(25)24-12-5-7-14-26(24)27/h4-8,10-18,27H,9,19-20H2,1-3H3,(H,30,31). The number of hydrogen-bond acceptors (Lipinski definition) is 3. The Labute approximate surface area is 196 Å². The molecule has 0 bridgehead atoms. The molecule has 4 nitrogen and oxygen atoms in total. The maximum Gasteiger partial charge on any atom is 0.407 e. The number of hydrogen-bond donors (Lipinski definition) is 1. The molecule has 0 saturated carbocycles. The number of benzene rings is 3. The number of alkyl carbamates (subject to hydrolysis) is 1. The SMILES string of the molecule is CC(C)(C)Oc1ccc(C=CCCNC(=O)OCC2c3ccccc3-c3ccccc32)cc1. The zero-order chi connectivity index (χ0) is 23.3. The van der Waals surface area contributed by atoms with Crippen LogP contribution in [-0.2, 0) is 4.74 Å². The van der Waals surface area contributed by atoms with Crippen LogP contribution in [0.25, 0.3) is 17.2 Å². The van der Waals surface area contributed by atoms with Gasteiger partial charge in [0, 0.05) is 12.5 Å². The molecule has 0 aliphatic heterocycles. The van der Waals surface area contributed by atoms with E-state index in [-0.39, 0.29) is 17.6 Å². The van der Waals surface area contributed by atoms with E-state index in [1.165, 1.54) is 22.3 Å². The fourth-order valence-corrected chi connectivity index (χ4v) is 4.13. The molecule has 3 aromatic rings. The highest BCUT2D eigenvalue weighted by atomic mass is 16.5. The highest BCUT2D eigenvalue weighted by molar-refractivity contribution is 5.79. The first-order valence-electron chi connectivity index (χ1n) is 11.5. The van der Waals surface area contributed by atoms with Crippen LogP contribution in [0.2, 0.25) is 0 Å². The summed E-state index contributed by atoms with van der Waals surface area (Å²) < 4.78 is 11.4. The van der Waals surface area contributed by atoms with Crippen molar-refractivity contribution in [3.8, 4) is 16.9 Å². The average Bonchev–Trinajstić information content (AvgIpc) is 3.11. The minimum Gasteiger partial charge on any atom is -0.488 e. The van der Waals surface area contributed by atoms with E-state index < -0.39 is 0 Å². The van der Waals surface area contributed by atoms with E-state index in [0.29, 0.717) is 13.2 Å². The molecular weight excluding hydrogens is 410 g/mol. The summed E-state index contributed by atoms with van der Waals surface area (Å²) in [4.78, 5) is 12.2. The molecule has 1 amide bonds. The smallest absolute Gasteiger partial charge is 0.407 e. The van der Waals surface area contributed by atoms with Crippen molar-refractivity contribution in [3.05, 3.63) is 95.6 Å². The van der Waals surface area contributed by atoms with Crippen LogP contribution in [0.4, 0.5) is 4.79 Å². The molecule has 0 unspecified atom stereocenters. The van der Waals surface area contributed by atoms with Crippen molar-refractivity contribution >= 4 is 12.2 Å². The van der Waals surface area contributed by atoms with Gasteiger partial charge < -0.3 is 14.8 Å². The van der Waals surface area contributed by atoms with Gasteiger partial charge in [-0.2, -0.15) is 0 Å². The van der Waals surface area contributed by atoms with Crippen molar-refractivity contribution in [2.24, 2.45) is 0 Å². The van der Waals surface area contributed by atoms with E-state index >= 15 is 0 Å². The van der Waals surface area contributed by atoms with Gasteiger partial charge in [0.15, 0.2) is 0 Å². The molecule has 1 aliphatic carbocycles. The van der Waals surface area contributed by atoms with Crippen molar-refractivity contribution < 1.29 is 14.3 Å². The lowest BCUT2D eigenvalue weighted by Crippen LogP contribution is -2.26. The Kier molecular flexibility index (Phi) is 6.83. The van der Waals surface area contributed by atoms with Crippen LogP contribution in [0, 0.1) is 0 Å². The van der Waals surface area contributed by atoms with Gasteiger partial charge in [-0.1, -0.05) is 72.8 Å². The molecule has 4 heteroatoms. The summed E-state index contributed by atoms with van der Waals surface area (Å²) in [6.07, 6.45) is 4.43. The summed E-state index contributed by atoms with van der Waals surface area (Å²) in [7, 11) is 0. The second-order valence-electron chi connectivity index (χ2n) is 9.23. The second kappa shape index (κ2) is 9.95. The molecule has 4 rings (SSSR count). The maximum absolute atomic E-state index is 12.2. The predicted molar refractivity (Wildman–Crippen MR) is 134 cm³/mol. The third-order valence-corrected chi connectivity index (χ3v) is 5.54. The molecule has 170 valence electrons. The predicted octanol–water partition coefficient (Wildman–Crippen LogP) is 6.81. The fraction of sp³-hybridized carbons (Fsp3) is 0.276. The molecule has 0 heterocycles. The Morgan fingerprint density at radius 3 is 2.12 bits per heavy atom. The minimum absolute atomic E-state index is 0.0771. The van der Waals surface area contributed by atoms with E-state index in [2.05, 4.69) is 29.6 Å². The number of amides is 1. The van der Waals surface area contributed by atoms with Crippen LogP contribution < -0.4 is 10.1 Å². The quantitative estimate of drug-likeness (QED) is 0.410. The summed E-state index contributed by atoms with van der Waals surface area (Å²) in [5.41, 5.74) is 5.77. The molecular formula is C29H31NO3. The highest BCUT2D eigenvalue weighted by Crippen LogP contribution is 2.44. The molecule has 0 spiro atoms. The third kappa shape index (κ3) is 5.83. The summed E-state index contributed by atoms with van der Waals surface area (Å²) in [6, 6.07) is 24.7. The third-order valence-electron chi connectivity index (χ3n) is 5.54. The van der Waals surface area contributed by atoms with Crippen LogP contribution in [0.3, 0.4) is 0 Å². The Balaban J connectivity index is 1.22. The van der Waals surface area contributed by atoms with E-state index in [4.69, 9.17) is 9.47 Å². The van der Waals surface area contributed by atoms with Gasteiger partial charge in [0.25, 0.3) is 0 Å². The van der Waals surface area contributed by atoms with E-state index in [1.807, 2.05) is 81.5 Å². The van der Waals surface area contributed by atoms with Crippen LogP contribution >= 0.6 is 0 Å². The number of ether oxygens (including phenoxy) is 2. The summed E-state index contributed by atoms with van der Waals surface area (Å²) in [5.74, 6) is 0.935. The molecule has 1 N–H and O–H groups in total. The van der Waals surface area contributed by atoms with Crippen LogP contribution in [0.1, 0.15) is 49.8 Å². The van der Waals surface area contributed by atoms with Crippen molar-refractivity contribution in [2.75, 3.05) is 13.2 Å². The topological polar surface area (TPSA) is 47.6 Å². The van der Waals surface area contributed by atoms with Crippen molar-refractivity contribution in [1.82, 2.24) is 5.32 Å². The molecule has 0 atom stereocenters. The van der Waals surface area contributed by atoms with Crippen molar-refractivity contribution in [3.63, 3.8) is 0 Å². The summed E-state index contributed by atoms with van der Waals surface area (Å²) in [6.45, 7) is 6.95. The van der Waals surface area contributed by atoms with Gasteiger partial charge >= 0.3 is 6.09 Å². The number of fused-ring (bicyclic) bond motifs is 3. The maximum atomic E-state index is 12.2. The van der Waals surface area contributed by atoms with E-state index in [0.717, 1.165) is 17.7 Å². The average molecular weight is 442 g/mol. The van der Waals surface area contributed by atoms with Gasteiger partial charge in [0.1, 0.15) is 18.0 Å². The van der Waals surface area contributed by atoms with Gasteiger partial charge in [-0.15, -0.1) is 0 Å². The number of nitrogens with one attached hydrogen (secondary N) is 1. The molecule has 0 fully saturated rings. The first kappa shape index (κ1) is 22.7. The fourth-order valence-electron chi connectivity index (χ4n) is 4.13. The molecule has 1 aliphatic rings. The largest absolute Gasteiger partial charge is 0.488 e. The van der Waals surface area contributed by atoms with Gasteiger partial charge in [-0.3, -0.25) is 0 Å². The normalized spacial score (nSPS) is 12.9. The zero-order valence-corrected chi connectivity index (χ0v) is 19.5. The Hall–Kier alpha value is -3.53. The lowest BCUT2D eigenvalue weighted by Gasteiger charge is -2.21. The van der Waals surface area contributed by atoms with Gasteiger partial charge in [-0.05, 0) is 67.1 Å². The lowest BCUT2D eigenvalue weighted by molar-refractivity contribution is 0.131. The summed E-state index contributed by atoms with van der Waals surface area (Å²) >= 11 is 0. The Morgan fingerprint density at radius 1 is 0.909 bits per heavy atom. The number of carbonyl (C=O) groups is 1. The van der Waals surface area contributed by atoms with Gasteiger partial charge in [0.05, 0.1) is 0 Å². The van der Waals surface area contributed by atoms with E-state index in [1.54, 1.807) is 0 Å². The van der Waals surface area contributed by atoms with Crippen LogP contribution in [0.5, 0.6) is 5.75 Å². The van der Waals surface area contributed by atoms with Crippen LogP contribution in [0.15, 0.2) is 78.9 Å². The number of carbonyl (C=O) groups excluding carboxylic acids is 1. The molecule has 0 saturated heterocycles. The second-order valence-corrected chi connectivity index (χ2v) is 9.23. The zero-order valence-electron chi connectivity index (χ0n) is 19.5. The minimum atomic E-state index is -0.381. The van der Waals surface area contributed by atoms with Crippen LogP contribution in [-0.4, -0.2) is 24.8 Å². The van der Waals surface area contributed by atoms with Gasteiger partial charge in [0.2, 0.25) is 0 Å². The Morgan fingerprint density at radius 2 is 1.52 bits per heavy atom. The molecule has 33 heavy (non-hydrogen) atoms. The van der Waals surface area contributed by atoms with Crippen molar-refractivity contribution in [2.45, 2.75) is 38.7 Å². The lowest BCUT2D eigenvalue weighted by atomic mass is 9.98. The van der Waals surface area contributed by atoms with Gasteiger partial charge in [-0.25, -0.2) is 4.79 Å². The molecule has 0 aromatic heterocycles. The summed E-state index contributed by atoms with van der Waals surface area (Å²) in [5, 5.41) is 2.84. The Bertz CT molecular complexity index is 1080. The van der Waals surface area contributed by atoms with E-state index in [9.17, 15) is 4.79 Å². The number of rotatable bonds is 7.